The third kappa shape index (κ3) is 20.3. The van der Waals surface area contributed by atoms with Crippen LogP contribution < -0.4 is 5.73 Å². The van der Waals surface area contributed by atoms with Gasteiger partial charge >= 0.3 is 37.7 Å². The second-order valence-corrected chi connectivity index (χ2v) is 0.129. The molecule has 0 bridgehead atoms. The van der Waals surface area contributed by atoms with Crippen LogP contribution >= 0.6 is 0 Å². The molecule has 4 heavy (non-hydrogen) atoms. The summed E-state index contributed by atoms with van der Waals surface area (Å²) in [6, 6.07) is 0. The van der Waals surface area contributed by atoms with Gasteiger partial charge in [-0.2, -0.15) is 5.26 Å². The quantitative estimate of drug-likeness (QED) is 0.246. The van der Waals surface area contributed by atoms with Gasteiger partial charge in [0.05, 0.1) is 0 Å². The van der Waals surface area contributed by atoms with Gasteiger partial charge in [-0.15, -0.1) is 0 Å². The van der Waals surface area contributed by atoms with Crippen LogP contribution in [0.5, 0.6) is 0 Å². The Labute approximate surface area is 59.0 Å². The number of rotatable bonds is 0. The number of nitriles is 1. The first-order valence-corrected chi connectivity index (χ1v) is 0.512. The summed E-state index contributed by atoms with van der Waals surface area (Å²) in [6.45, 7) is 0. The molecule has 22 valence electrons. The standard InChI is InChI=1S/CH2N2.Ca.H2.2H/c2-1-3;;;;/h2H2;;1H;;/q;+2;;2*-1. The fourth-order valence-corrected chi connectivity index (χ4v) is 0. The Morgan fingerprint density at radius 1 is 2.25 bits per heavy atom. The van der Waals surface area contributed by atoms with E-state index in [-0.39, 0.29) is 42.0 Å². The van der Waals surface area contributed by atoms with E-state index in [1.807, 2.05) is 0 Å². The molecule has 0 atom stereocenters. The summed E-state index contributed by atoms with van der Waals surface area (Å²) < 4.78 is 0. The van der Waals surface area contributed by atoms with Crippen molar-refractivity contribution in [3.05, 3.63) is 0 Å². The summed E-state index contributed by atoms with van der Waals surface area (Å²) in [5, 5.41) is 7.10. The molecule has 0 fully saturated rings. The first-order valence-electron chi connectivity index (χ1n) is 0.512. The zero-order valence-electron chi connectivity index (χ0n) is 4.23. The summed E-state index contributed by atoms with van der Waals surface area (Å²) in [4.78, 5) is 0. The Bertz CT molecular complexity index is 34.4. The van der Waals surface area contributed by atoms with Crippen LogP contribution in [0.4, 0.5) is 0 Å². The van der Waals surface area contributed by atoms with Gasteiger partial charge < -0.3 is 8.59 Å². The maximum Gasteiger partial charge on any atom is 2.00 e. The molecule has 0 unspecified atom stereocenters. The molecule has 0 aromatic carbocycles. The van der Waals surface area contributed by atoms with Crippen molar-refractivity contribution in [3.63, 3.8) is 0 Å². The van der Waals surface area contributed by atoms with Gasteiger partial charge in [-0.25, -0.2) is 0 Å². The molecule has 0 amide bonds. The van der Waals surface area contributed by atoms with E-state index in [2.05, 4.69) is 5.73 Å². The molecular formula is CH6CaN2. The van der Waals surface area contributed by atoms with Crippen LogP contribution in [-0.4, -0.2) is 37.7 Å². The summed E-state index contributed by atoms with van der Waals surface area (Å²) in [7, 11) is 0. The molecule has 0 aromatic rings. The average Bonchev–Trinajstić information content (AvgIpc) is 0.918. The zero-order chi connectivity index (χ0) is 2.71. The number of nitrogens with zero attached hydrogens (tertiary/aromatic N) is 1. The topological polar surface area (TPSA) is 49.8 Å². The van der Waals surface area contributed by atoms with Crippen molar-refractivity contribution in [3.8, 4) is 6.19 Å². The minimum absolute atomic E-state index is 0. The van der Waals surface area contributed by atoms with Crippen molar-refractivity contribution in [1.82, 2.24) is 0 Å². The van der Waals surface area contributed by atoms with Gasteiger partial charge in [0.25, 0.3) is 0 Å². The molecule has 0 aromatic heterocycles. The first-order chi connectivity index (χ1) is 1.41. The molecule has 2 N–H and O–H groups in total. The van der Waals surface area contributed by atoms with E-state index in [1.165, 1.54) is 6.19 Å². The maximum absolute atomic E-state index is 7.10. The third-order valence-electron chi connectivity index (χ3n) is 0. The molecule has 0 saturated carbocycles. The second kappa shape index (κ2) is 9.61. The van der Waals surface area contributed by atoms with Crippen LogP contribution in [-0.2, 0) is 0 Å². The minimum atomic E-state index is 0. The molecule has 0 aliphatic carbocycles. The van der Waals surface area contributed by atoms with E-state index in [9.17, 15) is 0 Å². The van der Waals surface area contributed by atoms with Crippen molar-refractivity contribution in [2.75, 3.05) is 0 Å². The van der Waals surface area contributed by atoms with Gasteiger partial charge in [0, 0.05) is 1.43 Å². The predicted octanol–water partition coefficient (Wildman–Crippen LogP) is -0.484. The third-order valence-corrected chi connectivity index (χ3v) is 0. The fraction of sp³-hybridized carbons (Fsp3) is 0. The summed E-state index contributed by atoms with van der Waals surface area (Å²) in [5.41, 5.74) is 4.15. The smallest absolute Gasteiger partial charge is 1.00 e. The fourth-order valence-electron chi connectivity index (χ4n) is 0. The Hall–Kier alpha value is 0.550. The van der Waals surface area contributed by atoms with Crippen LogP contribution in [0, 0.1) is 11.5 Å². The summed E-state index contributed by atoms with van der Waals surface area (Å²) >= 11 is 0. The SMILES string of the molecule is N#CN.[Ca+2].[H-].[H-].[HH]. The van der Waals surface area contributed by atoms with Crippen molar-refractivity contribution < 1.29 is 4.28 Å². The number of hydrogen-bond acceptors (Lipinski definition) is 2. The van der Waals surface area contributed by atoms with Gasteiger partial charge in [-0.05, 0) is 0 Å². The molecule has 0 saturated heterocycles. The normalized spacial score (nSPS) is 1.75. The van der Waals surface area contributed by atoms with E-state index in [0.717, 1.165) is 0 Å². The zero-order valence-corrected chi connectivity index (χ0v) is 4.44. The monoisotopic (exact) mass is 86.0 g/mol. The molecule has 0 aliphatic heterocycles. The Balaban J connectivity index is -0.00000000333. The largest absolute Gasteiger partial charge is 2.00 e. The van der Waals surface area contributed by atoms with Crippen molar-refractivity contribution in [2.45, 2.75) is 0 Å². The summed E-state index contributed by atoms with van der Waals surface area (Å²) in [5.74, 6) is 0. The molecule has 2 nitrogen and oxygen atoms in total. The van der Waals surface area contributed by atoms with Crippen LogP contribution in [0.25, 0.3) is 0 Å². The van der Waals surface area contributed by atoms with Crippen molar-refractivity contribution in [1.29, 1.82) is 5.26 Å². The van der Waals surface area contributed by atoms with Crippen LogP contribution in [0.3, 0.4) is 0 Å². The van der Waals surface area contributed by atoms with Gasteiger partial charge in [0.15, 0.2) is 6.19 Å². The summed E-state index contributed by atoms with van der Waals surface area (Å²) in [6.07, 6.45) is 1.25. The van der Waals surface area contributed by atoms with Crippen molar-refractivity contribution in [2.24, 2.45) is 5.73 Å². The molecule has 0 spiro atoms. The average molecular weight is 86.2 g/mol. The molecule has 0 heterocycles. The predicted molar refractivity (Wildman–Crippen MR) is 19.9 cm³/mol. The molecule has 0 rings (SSSR count). The van der Waals surface area contributed by atoms with E-state index in [0.29, 0.717) is 0 Å². The van der Waals surface area contributed by atoms with E-state index in [4.69, 9.17) is 5.26 Å². The van der Waals surface area contributed by atoms with E-state index in [1.54, 1.807) is 0 Å². The van der Waals surface area contributed by atoms with Gasteiger partial charge in [0.1, 0.15) is 0 Å². The molecular weight excluding hydrogens is 80.1 g/mol. The van der Waals surface area contributed by atoms with E-state index < -0.39 is 0 Å². The first kappa shape index (κ1) is 8.82. The van der Waals surface area contributed by atoms with Gasteiger partial charge in [-0.3, -0.25) is 0 Å². The number of hydrogen-bond donors (Lipinski definition) is 1. The number of nitrogens with two attached hydrogens (primary N) is 1. The van der Waals surface area contributed by atoms with Crippen molar-refractivity contribution >= 4 is 37.7 Å². The Morgan fingerprint density at radius 3 is 2.25 bits per heavy atom. The molecule has 0 aliphatic rings. The minimum Gasteiger partial charge on any atom is -1.00 e. The Kier molecular flexibility index (Phi) is 21.2. The second-order valence-electron chi connectivity index (χ2n) is 0.129. The van der Waals surface area contributed by atoms with E-state index >= 15 is 0 Å². The molecule has 0 radical (unpaired) electrons. The van der Waals surface area contributed by atoms with Gasteiger partial charge in [-0.1, -0.05) is 0 Å². The van der Waals surface area contributed by atoms with Crippen LogP contribution in [0.2, 0.25) is 0 Å². The van der Waals surface area contributed by atoms with Gasteiger partial charge in [0.2, 0.25) is 0 Å². The van der Waals surface area contributed by atoms with Crippen LogP contribution in [0.15, 0.2) is 0 Å². The molecule has 3 heteroatoms. The maximum atomic E-state index is 7.10. The van der Waals surface area contributed by atoms with Crippen LogP contribution in [0.1, 0.15) is 4.28 Å². The Morgan fingerprint density at radius 2 is 2.25 bits per heavy atom.